The molecule has 0 aromatic heterocycles. The molecule has 0 bridgehead atoms. The lowest BCUT2D eigenvalue weighted by molar-refractivity contribution is 0.0926. The Morgan fingerprint density at radius 2 is 2.04 bits per heavy atom. The van der Waals surface area contributed by atoms with Crippen LogP contribution in [0.5, 0.6) is 0 Å². The van der Waals surface area contributed by atoms with E-state index in [0.29, 0.717) is 12.5 Å². The molecule has 0 radical (unpaired) electrons. The van der Waals surface area contributed by atoms with Crippen molar-refractivity contribution in [3.63, 3.8) is 0 Å². The maximum Gasteiger partial charge on any atom is 0.193 e. The molecule has 1 aromatic carbocycles. The van der Waals surface area contributed by atoms with Crippen molar-refractivity contribution in [1.29, 1.82) is 0 Å². The van der Waals surface area contributed by atoms with Crippen LogP contribution in [0.1, 0.15) is 25.3 Å². The molecule has 1 unspecified atom stereocenters. The highest BCUT2D eigenvalue weighted by Crippen LogP contribution is 2.28. The number of ether oxygens (including phenoxy) is 2. The Morgan fingerprint density at radius 3 is 2.72 bits per heavy atom. The van der Waals surface area contributed by atoms with Crippen molar-refractivity contribution >= 4 is 5.96 Å². The van der Waals surface area contributed by atoms with Crippen LogP contribution in [-0.4, -0.2) is 57.9 Å². The fourth-order valence-electron chi connectivity index (χ4n) is 2.50. The predicted octanol–water partition coefficient (Wildman–Crippen LogP) is 2.77. The van der Waals surface area contributed by atoms with Gasteiger partial charge in [0.1, 0.15) is 0 Å². The van der Waals surface area contributed by atoms with Gasteiger partial charge >= 0.3 is 0 Å². The van der Waals surface area contributed by atoms with Crippen molar-refractivity contribution in [2.45, 2.75) is 26.4 Å². The van der Waals surface area contributed by atoms with Crippen molar-refractivity contribution in [2.75, 3.05) is 47.0 Å². The number of benzene rings is 1. The van der Waals surface area contributed by atoms with E-state index in [0.717, 1.165) is 44.8 Å². The molecule has 5 heteroatoms. The molecule has 0 amide bonds. The van der Waals surface area contributed by atoms with Crippen LogP contribution < -0.4 is 5.32 Å². The number of guanidine groups is 1. The molecule has 2 rings (SSSR count). The molecule has 0 spiro atoms. The van der Waals surface area contributed by atoms with Crippen LogP contribution in [0.25, 0.3) is 0 Å². The number of nitrogens with zero attached hydrogens (tertiary/aromatic N) is 2. The summed E-state index contributed by atoms with van der Waals surface area (Å²) in [4.78, 5) is 6.46. The zero-order valence-electron chi connectivity index (χ0n) is 15.9. The van der Waals surface area contributed by atoms with Gasteiger partial charge in [0.05, 0.1) is 19.8 Å². The summed E-state index contributed by atoms with van der Waals surface area (Å²) in [5.41, 5.74) is 1.21. The van der Waals surface area contributed by atoms with Crippen molar-refractivity contribution in [3.05, 3.63) is 35.9 Å². The molecule has 0 saturated heterocycles. The second-order valence-electron chi connectivity index (χ2n) is 6.97. The number of likely N-dealkylation sites (N-methyl/N-ethyl adjacent to an activating group) is 1. The van der Waals surface area contributed by atoms with E-state index in [-0.39, 0.29) is 0 Å². The molecule has 1 N–H and O–H groups in total. The van der Waals surface area contributed by atoms with Gasteiger partial charge in [0.2, 0.25) is 0 Å². The summed E-state index contributed by atoms with van der Waals surface area (Å²) in [5, 5.41) is 3.42. The third-order valence-electron chi connectivity index (χ3n) is 4.32. The summed E-state index contributed by atoms with van der Waals surface area (Å²) >= 11 is 0. The van der Waals surface area contributed by atoms with E-state index in [1.807, 2.05) is 32.3 Å². The maximum absolute atomic E-state index is 5.80. The first-order chi connectivity index (χ1) is 12.2. The molecular weight excluding hydrogens is 314 g/mol. The van der Waals surface area contributed by atoms with Crippen LogP contribution in [0.4, 0.5) is 0 Å². The molecule has 0 aliphatic heterocycles. The Bertz CT molecular complexity index is 503. The number of rotatable bonds is 11. The summed E-state index contributed by atoms with van der Waals surface area (Å²) in [6.45, 7) is 6.94. The molecule has 1 fully saturated rings. The molecule has 1 aliphatic carbocycles. The van der Waals surface area contributed by atoms with Crippen LogP contribution in [-0.2, 0) is 16.1 Å². The van der Waals surface area contributed by atoms with Crippen molar-refractivity contribution < 1.29 is 9.47 Å². The largest absolute Gasteiger partial charge is 0.379 e. The van der Waals surface area contributed by atoms with E-state index >= 15 is 0 Å². The third kappa shape index (κ3) is 8.36. The number of hydrogen-bond acceptors (Lipinski definition) is 3. The SMILES string of the molecule is CN=C(NCC(C)COCc1ccccc1)N(C)CCOCC1CC1. The molecule has 1 aromatic rings. The Hall–Kier alpha value is -1.59. The van der Waals surface area contributed by atoms with Crippen LogP contribution in [0.2, 0.25) is 0 Å². The van der Waals surface area contributed by atoms with E-state index in [2.05, 4.69) is 34.3 Å². The molecule has 1 saturated carbocycles. The molecule has 1 atom stereocenters. The van der Waals surface area contributed by atoms with Crippen molar-refractivity contribution in [1.82, 2.24) is 10.2 Å². The summed E-state index contributed by atoms with van der Waals surface area (Å²) in [6, 6.07) is 10.3. The van der Waals surface area contributed by atoms with Crippen LogP contribution in [0.3, 0.4) is 0 Å². The molecule has 5 nitrogen and oxygen atoms in total. The lowest BCUT2D eigenvalue weighted by Crippen LogP contribution is -2.42. The second kappa shape index (κ2) is 11.1. The lowest BCUT2D eigenvalue weighted by Gasteiger charge is -2.23. The summed E-state index contributed by atoms with van der Waals surface area (Å²) in [7, 11) is 3.87. The first-order valence-corrected chi connectivity index (χ1v) is 9.30. The number of hydrogen-bond donors (Lipinski definition) is 1. The van der Waals surface area contributed by atoms with Gasteiger partial charge in [-0.15, -0.1) is 0 Å². The molecule has 1 aliphatic rings. The van der Waals surface area contributed by atoms with Crippen molar-refractivity contribution in [2.24, 2.45) is 16.8 Å². The first-order valence-electron chi connectivity index (χ1n) is 9.30. The monoisotopic (exact) mass is 347 g/mol. The maximum atomic E-state index is 5.80. The zero-order chi connectivity index (χ0) is 17.9. The van der Waals surface area contributed by atoms with Crippen LogP contribution >= 0.6 is 0 Å². The van der Waals surface area contributed by atoms with Crippen molar-refractivity contribution in [3.8, 4) is 0 Å². The number of nitrogens with one attached hydrogen (secondary N) is 1. The Morgan fingerprint density at radius 1 is 1.28 bits per heavy atom. The Labute approximate surface area is 152 Å². The van der Waals surface area contributed by atoms with E-state index in [4.69, 9.17) is 9.47 Å². The lowest BCUT2D eigenvalue weighted by atomic mass is 10.2. The topological polar surface area (TPSA) is 46.1 Å². The van der Waals surface area contributed by atoms with Crippen LogP contribution in [0, 0.1) is 11.8 Å². The van der Waals surface area contributed by atoms with Gasteiger partial charge in [-0.1, -0.05) is 37.3 Å². The van der Waals surface area contributed by atoms with Gasteiger partial charge in [0.25, 0.3) is 0 Å². The Balaban J connectivity index is 1.56. The minimum absolute atomic E-state index is 0.417. The van der Waals surface area contributed by atoms with Gasteiger partial charge in [0.15, 0.2) is 5.96 Å². The van der Waals surface area contributed by atoms with E-state index in [9.17, 15) is 0 Å². The van der Waals surface area contributed by atoms with E-state index in [1.165, 1.54) is 18.4 Å². The standard InChI is InChI=1S/C20H33N3O2/c1-17(14-25-16-18-7-5-4-6-8-18)13-22-20(21-2)23(3)11-12-24-15-19-9-10-19/h4-8,17,19H,9-16H2,1-3H3,(H,21,22). The molecular formula is C20H33N3O2. The van der Waals surface area contributed by atoms with E-state index in [1.54, 1.807) is 0 Å². The van der Waals surface area contributed by atoms with Gasteiger partial charge in [0, 0.05) is 33.8 Å². The molecule has 25 heavy (non-hydrogen) atoms. The minimum atomic E-state index is 0.417. The van der Waals surface area contributed by atoms with Gasteiger partial charge in [-0.2, -0.15) is 0 Å². The predicted molar refractivity (Wildman–Crippen MR) is 103 cm³/mol. The normalized spacial score (nSPS) is 15.9. The number of aliphatic imine (C=N–C) groups is 1. The molecule has 140 valence electrons. The summed E-state index contributed by atoms with van der Waals surface area (Å²) < 4.78 is 11.5. The fraction of sp³-hybridized carbons (Fsp3) is 0.650. The highest BCUT2D eigenvalue weighted by Gasteiger charge is 2.21. The second-order valence-corrected chi connectivity index (χ2v) is 6.97. The summed E-state index contributed by atoms with van der Waals surface area (Å²) in [6.07, 6.45) is 2.67. The van der Waals surface area contributed by atoms with Gasteiger partial charge in [-0.25, -0.2) is 0 Å². The highest BCUT2D eigenvalue weighted by atomic mass is 16.5. The van der Waals surface area contributed by atoms with Gasteiger partial charge in [-0.3, -0.25) is 4.99 Å². The average molecular weight is 348 g/mol. The van der Waals surface area contributed by atoms with Gasteiger partial charge in [-0.05, 0) is 30.2 Å². The van der Waals surface area contributed by atoms with E-state index < -0.39 is 0 Å². The first kappa shape index (κ1) is 19.7. The molecule has 0 heterocycles. The average Bonchev–Trinajstić information content (AvgIpc) is 3.44. The highest BCUT2D eigenvalue weighted by molar-refractivity contribution is 5.79. The van der Waals surface area contributed by atoms with Crippen LogP contribution in [0.15, 0.2) is 35.3 Å². The third-order valence-corrected chi connectivity index (χ3v) is 4.32. The van der Waals surface area contributed by atoms with Gasteiger partial charge < -0.3 is 19.7 Å². The quantitative estimate of drug-likeness (QED) is 0.380. The Kier molecular flexibility index (Phi) is 8.77. The smallest absolute Gasteiger partial charge is 0.193 e. The minimum Gasteiger partial charge on any atom is -0.379 e. The summed E-state index contributed by atoms with van der Waals surface area (Å²) in [5.74, 6) is 2.14. The zero-order valence-corrected chi connectivity index (χ0v) is 15.9. The fourth-order valence-corrected chi connectivity index (χ4v) is 2.50.